The van der Waals surface area contributed by atoms with Crippen LogP contribution < -0.4 is 15.0 Å². The standard InChI is InChI=1S/C24H33N3O4S/c1-4-26(5-2)23-14-13-21(32(29,30)27-15-7-6-8-16-27)18-22(23)25-24(28)17-19-9-11-20(31-3)12-10-19/h9-14,18H,4-8,15-17H2,1-3H3,(H,25,28). The second-order valence-electron chi connectivity index (χ2n) is 7.89. The summed E-state index contributed by atoms with van der Waals surface area (Å²) in [5.74, 6) is 0.532. The van der Waals surface area contributed by atoms with Gasteiger partial charge in [0, 0.05) is 26.2 Å². The number of hydrogen-bond donors (Lipinski definition) is 1. The van der Waals surface area contributed by atoms with Crippen molar-refractivity contribution in [3.05, 3.63) is 48.0 Å². The van der Waals surface area contributed by atoms with Crippen molar-refractivity contribution in [2.45, 2.75) is 44.4 Å². The van der Waals surface area contributed by atoms with Gasteiger partial charge in [-0.3, -0.25) is 4.79 Å². The van der Waals surface area contributed by atoms with Crippen molar-refractivity contribution in [1.82, 2.24) is 4.31 Å². The minimum atomic E-state index is -3.59. The summed E-state index contributed by atoms with van der Waals surface area (Å²) in [6.07, 6.45) is 2.99. The normalized spacial score (nSPS) is 14.7. The highest BCUT2D eigenvalue weighted by molar-refractivity contribution is 7.89. The molecule has 0 spiro atoms. The zero-order chi connectivity index (χ0) is 23.1. The van der Waals surface area contributed by atoms with Crippen LogP contribution in [0.4, 0.5) is 11.4 Å². The first kappa shape index (κ1) is 24.1. The van der Waals surface area contributed by atoms with Crippen molar-refractivity contribution < 1.29 is 17.9 Å². The molecular formula is C24H33N3O4S. The summed E-state index contributed by atoms with van der Waals surface area (Å²) in [5, 5.41) is 2.96. The van der Waals surface area contributed by atoms with Gasteiger partial charge in [0.2, 0.25) is 15.9 Å². The van der Waals surface area contributed by atoms with Gasteiger partial charge in [-0.05, 0) is 62.6 Å². The number of anilines is 2. The van der Waals surface area contributed by atoms with Crippen molar-refractivity contribution >= 4 is 27.3 Å². The maximum atomic E-state index is 13.2. The van der Waals surface area contributed by atoms with Crippen molar-refractivity contribution in [3.8, 4) is 5.75 Å². The molecule has 1 N–H and O–H groups in total. The molecule has 7 nitrogen and oxygen atoms in total. The summed E-state index contributed by atoms with van der Waals surface area (Å²) < 4.78 is 33.1. The van der Waals surface area contributed by atoms with Crippen LogP contribution >= 0.6 is 0 Å². The van der Waals surface area contributed by atoms with E-state index >= 15 is 0 Å². The van der Waals surface area contributed by atoms with Gasteiger partial charge >= 0.3 is 0 Å². The van der Waals surface area contributed by atoms with E-state index in [1.54, 1.807) is 29.6 Å². The number of ether oxygens (including phenoxy) is 1. The topological polar surface area (TPSA) is 79.0 Å². The minimum Gasteiger partial charge on any atom is -0.497 e. The molecule has 3 rings (SSSR count). The quantitative estimate of drug-likeness (QED) is 0.615. The Balaban J connectivity index is 1.88. The molecule has 0 saturated carbocycles. The second kappa shape index (κ2) is 10.8. The van der Waals surface area contributed by atoms with E-state index in [1.165, 1.54) is 0 Å². The number of benzene rings is 2. The van der Waals surface area contributed by atoms with E-state index in [0.717, 1.165) is 49.4 Å². The number of sulfonamides is 1. The lowest BCUT2D eigenvalue weighted by atomic mass is 10.1. The van der Waals surface area contributed by atoms with E-state index in [0.29, 0.717) is 18.8 Å². The number of nitrogens with zero attached hydrogens (tertiary/aromatic N) is 2. The molecule has 1 heterocycles. The van der Waals surface area contributed by atoms with Crippen molar-refractivity contribution in [2.24, 2.45) is 0 Å². The Bertz CT molecular complexity index is 1010. The molecule has 1 aliphatic rings. The lowest BCUT2D eigenvalue weighted by Crippen LogP contribution is -2.35. The molecule has 174 valence electrons. The molecule has 0 aromatic heterocycles. The fourth-order valence-corrected chi connectivity index (χ4v) is 5.54. The molecule has 0 aliphatic carbocycles. The number of carbonyl (C=O) groups excluding carboxylic acids is 1. The molecule has 1 aliphatic heterocycles. The number of amides is 1. The molecule has 1 saturated heterocycles. The number of rotatable bonds is 9. The highest BCUT2D eigenvalue weighted by Crippen LogP contribution is 2.31. The van der Waals surface area contributed by atoms with E-state index in [1.807, 2.05) is 38.1 Å². The van der Waals surface area contributed by atoms with Crippen LogP contribution in [0.25, 0.3) is 0 Å². The predicted molar refractivity (Wildman–Crippen MR) is 128 cm³/mol. The van der Waals surface area contributed by atoms with E-state index in [4.69, 9.17) is 4.74 Å². The maximum Gasteiger partial charge on any atom is 0.243 e. The van der Waals surface area contributed by atoms with Gasteiger partial charge < -0.3 is 15.0 Å². The summed E-state index contributed by atoms with van der Waals surface area (Å²) in [4.78, 5) is 15.1. The lowest BCUT2D eigenvalue weighted by molar-refractivity contribution is -0.115. The summed E-state index contributed by atoms with van der Waals surface area (Å²) in [5.41, 5.74) is 2.19. The van der Waals surface area contributed by atoms with Crippen LogP contribution in [0.15, 0.2) is 47.4 Å². The van der Waals surface area contributed by atoms with E-state index in [2.05, 4.69) is 10.2 Å². The minimum absolute atomic E-state index is 0.185. The molecular weight excluding hydrogens is 426 g/mol. The first-order valence-corrected chi connectivity index (χ1v) is 12.6. The fourth-order valence-electron chi connectivity index (χ4n) is 3.99. The van der Waals surface area contributed by atoms with E-state index in [9.17, 15) is 13.2 Å². The molecule has 0 radical (unpaired) electrons. The monoisotopic (exact) mass is 459 g/mol. The van der Waals surface area contributed by atoms with Crippen molar-refractivity contribution in [3.63, 3.8) is 0 Å². The number of nitrogens with one attached hydrogen (secondary N) is 1. The Morgan fingerprint density at radius 1 is 1.03 bits per heavy atom. The van der Waals surface area contributed by atoms with Gasteiger partial charge in [0.05, 0.1) is 29.8 Å². The Hall–Kier alpha value is -2.58. The molecule has 1 amide bonds. The fraction of sp³-hybridized carbons (Fsp3) is 0.458. The number of carbonyl (C=O) groups is 1. The zero-order valence-corrected chi connectivity index (χ0v) is 20.0. The van der Waals surface area contributed by atoms with Crippen LogP contribution in [-0.2, 0) is 21.2 Å². The molecule has 32 heavy (non-hydrogen) atoms. The van der Waals surface area contributed by atoms with Gasteiger partial charge in [-0.1, -0.05) is 18.6 Å². The predicted octanol–water partition coefficient (Wildman–Crippen LogP) is 3.90. The Morgan fingerprint density at radius 3 is 2.28 bits per heavy atom. The average Bonchev–Trinajstić information content (AvgIpc) is 2.81. The van der Waals surface area contributed by atoms with Crippen LogP contribution in [0.1, 0.15) is 38.7 Å². The molecule has 8 heteroatoms. The summed E-state index contributed by atoms with van der Waals surface area (Å²) in [7, 11) is -1.99. The molecule has 2 aromatic carbocycles. The van der Waals surface area contributed by atoms with Crippen LogP contribution in [0.2, 0.25) is 0 Å². The lowest BCUT2D eigenvalue weighted by Gasteiger charge is -2.28. The van der Waals surface area contributed by atoms with Crippen LogP contribution in [-0.4, -0.2) is 51.9 Å². The third-order valence-corrected chi connectivity index (χ3v) is 7.72. The zero-order valence-electron chi connectivity index (χ0n) is 19.1. The highest BCUT2D eigenvalue weighted by atomic mass is 32.2. The average molecular weight is 460 g/mol. The first-order valence-electron chi connectivity index (χ1n) is 11.2. The summed E-state index contributed by atoms with van der Waals surface area (Å²) in [6, 6.07) is 12.4. The number of hydrogen-bond acceptors (Lipinski definition) is 5. The van der Waals surface area contributed by atoms with E-state index in [-0.39, 0.29) is 17.2 Å². The van der Waals surface area contributed by atoms with Crippen molar-refractivity contribution in [1.29, 1.82) is 0 Å². The molecule has 1 fully saturated rings. The number of methoxy groups -OCH3 is 1. The van der Waals surface area contributed by atoms with Gasteiger partial charge in [-0.25, -0.2) is 8.42 Å². The summed E-state index contributed by atoms with van der Waals surface area (Å²) in [6.45, 7) is 6.64. The maximum absolute atomic E-state index is 13.2. The highest BCUT2D eigenvalue weighted by Gasteiger charge is 2.27. The third kappa shape index (κ3) is 5.61. The Kier molecular flexibility index (Phi) is 8.15. The summed E-state index contributed by atoms with van der Waals surface area (Å²) >= 11 is 0. The van der Waals surface area contributed by atoms with Crippen LogP contribution in [0.3, 0.4) is 0 Å². The molecule has 0 unspecified atom stereocenters. The van der Waals surface area contributed by atoms with Gasteiger partial charge in [0.1, 0.15) is 5.75 Å². The molecule has 0 bridgehead atoms. The van der Waals surface area contributed by atoms with E-state index < -0.39 is 10.0 Å². The Labute approximate surface area is 191 Å². The first-order chi connectivity index (χ1) is 15.4. The van der Waals surface area contributed by atoms with Crippen LogP contribution in [0, 0.1) is 0 Å². The SMILES string of the molecule is CCN(CC)c1ccc(S(=O)(=O)N2CCCCC2)cc1NC(=O)Cc1ccc(OC)cc1. The largest absolute Gasteiger partial charge is 0.497 e. The van der Waals surface area contributed by atoms with Gasteiger partial charge in [0.15, 0.2) is 0 Å². The Morgan fingerprint density at radius 2 is 1.69 bits per heavy atom. The number of piperidine rings is 1. The van der Waals surface area contributed by atoms with Crippen molar-refractivity contribution in [2.75, 3.05) is 43.5 Å². The smallest absolute Gasteiger partial charge is 0.243 e. The van der Waals surface area contributed by atoms with Gasteiger partial charge in [-0.2, -0.15) is 4.31 Å². The van der Waals surface area contributed by atoms with Crippen LogP contribution in [0.5, 0.6) is 5.75 Å². The molecule has 0 atom stereocenters. The molecule has 2 aromatic rings. The van der Waals surface area contributed by atoms with Gasteiger partial charge in [-0.15, -0.1) is 0 Å². The third-order valence-electron chi connectivity index (χ3n) is 5.82. The second-order valence-corrected chi connectivity index (χ2v) is 9.83. The van der Waals surface area contributed by atoms with Gasteiger partial charge in [0.25, 0.3) is 0 Å².